The Morgan fingerprint density at radius 1 is 1.44 bits per heavy atom. The minimum Gasteiger partial charge on any atom is -0.394 e. The molecular weight excluding hydrogens is 318 g/mol. The van der Waals surface area contributed by atoms with Crippen LogP contribution in [-0.4, -0.2) is 21.5 Å². The molecule has 1 aromatic carbocycles. The Hall–Kier alpha value is -1.04. The SMILES string of the molecule is OCCn1cc(NCc2c(Cl)cccc2Br)cn1. The van der Waals surface area contributed by atoms with Gasteiger partial charge < -0.3 is 10.4 Å². The zero-order valence-corrected chi connectivity index (χ0v) is 11.9. The van der Waals surface area contributed by atoms with Gasteiger partial charge in [-0.2, -0.15) is 5.10 Å². The van der Waals surface area contributed by atoms with E-state index >= 15 is 0 Å². The smallest absolute Gasteiger partial charge is 0.0729 e. The number of benzene rings is 1. The summed E-state index contributed by atoms with van der Waals surface area (Å²) in [5, 5.41) is 16.9. The Morgan fingerprint density at radius 2 is 2.28 bits per heavy atom. The largest absolute Gasteiger partial charge is 0.394 e. The van der Waals surface area contributed by atoms with Gasteiger partial charge in [0.1, 0.15) is 0 Å². The molecule has 2 rings (SSSR count). The van der Waals surface area contributed by atoms with Crippen LogP contribution in [0.2, 0.25) is 5.02 Å². The van der Waals surface area contributed by atoms with Gasteiger partial charge in [-0.25, -0.2) is 0 Å². The molecule has 0 spiro atoms. The monoisotopic (exact) mass is 329 g/mol. The molecule has 0 unspecified atom stereocenters. The molecule has 96 valence electrons. The zero-order chi connectivity index (χ0) is 13.0. The minimum absolute atomic E-state index is 0.0805. The van der Waals surface area contributed by atoms with E-state index in [1.165, 1.54) is 0 Å². The van der Waals surface area contributed by atoms with Crippen molar-refractivity contribution in [2.45, 2.75) is 13.1 Å². The molecule has 1 heterocycles. The molecule has 0 saturated heterocycles. The van der Waals surface area contributed by atoms with Gasteiger partial charge in [-0.05, 0) is 12.1 Å². The summed E-state index contributed by atoms with van der Waals surface area (Å²) in [5.41, 5.74) is 1.91. The van der Waals surface area contributed by atoms with Gasteiger partial charge in [0.2, 0.25) is 0 Å². The van der Waals surface area contributed by atoms with Gasteiger partial charge in [-0.15, -0.1) is 0 Å². The predicted octanol–water partition coefficient (Wildman–Crippen LogP) is 2.90. The van der Waals surface area contributed by atoms with Crippen molar-refractivity contribution in [1.29, 1.82) is 0 Å². The van der Waals surface area contributed by atoms with Crippen molar-refractivity contribution in [2.24, 2.45) is 0 Å². The van der Waals surface area contributed by atoms with Crippen LogP contribution >= 0.6 is 27.5 Å². The van der Waals surface area contributed by atoms with E-state index in [-0.39, 0.29) is 6.61 Å². The number of nitrogens with zero attached hydrogens (tertiary/aromatic N) is 2. The second kappa shape index (κ2) is 6.22. The van der Waals surface area contributed by atoms with Gasteiger partial charge in [0.05, 0.1) is 25.0 Å². The fourth-order valence-corrected chi connectivity index (χ4v) is 2.43. The number of hydrogen-bond donors (Lipinski definition) is 2. The fourth-order valence-electron chi connectivity index (χ4n) is 1.57. The lowest BCUT2D eigenvalue weighted by Crippen LogP contribution is -2.02. The highest BCUT2D eigenvalue weighted by atomic mass is 79.9. The number of hydrogen-bond acceptors (Lipinski definition) is 3. The number of anilines is 1. The van der Waals surface area contributed by atoms with Crippen LogP contribution in [0.5, 0.6) is 0 Å². The lowest BCUT2D eigenvalue weighted by Gasteiger charge is -2.08. The third kappa shape index (κ3) is 3.25. The van der Waals surface area contributed by atoms with E-state index in [1.54, 1.807) is 10.9 Å². The van der Waals surface area contributed by atoms with Gasteiger partial charge in [0.25, 0.3) is 0 Å². The van der Waals surface area contributed by atoms with E-state index < -0.39 is 0 Å². The summed E-state index contributed by atoms with van der Waals surface area (Å²) in [6.07, 6.45) is 3.57. The van der Waals surface area contributed by atoms with Crippen molar-refractivity contribution in [2.75, 3.05) is 11.9 Å². The first-order valence-corrected chi connectivity index (χ1v) is 6.68. The average Bonchev–Trinajstić information content (AvgIpc) is 2.77. The second-order valence-corrected chi connectivity index (χ2v) is 5.03. The lowest BCUT2D eigenvalue weighted by atomic mass is 10.2. The third-order valence-corrected chi connectivity index (χ3v) is 3.59. The van der Waals surface area contributed by atoms with Gasteiger partial charge in [0, 0.05) is 27.8 Å². The van der Waals surface area contributed by atoms with Crippen LogP contribution in [0.25, 0.3) is 0 Å². The van der Waals surface area contributed by atoms with Crippen LogP contribution in [0.1, 0.15) is 5.56 Å². The van der Waals surface area contributed by atoms with Crippen LogP contribution in [-0.2, 0) is 13.1 Å². The van der Waals surface area contributed by atoms with Crippen molar-refractivity contribution in [3.63, 3.8) is 0 Å². The zero-order valence-electron chi connectivity index (χ0n) is 9.61. The van der Waals surface area contributed by atoms with E-state index in [4.69, 9.17) is 16.7 Å². The highest BCUT2D eigenvalue weighted by molar-refractivity contribution is 9.10. The summed E-state index contributed by atoms with van der Waals surface area (Å²) < 4.78 is 2.66. The summed E-state index contributed by atoms with van der Waals surface area (Å²) in [7, 11) is 0. The van der Waals surface area contributed by atoms with Crippen LogP contribution in [0.15, 0.2) is 35.1 Å². The summed E-state index contributed by atoms with van der Waals surface area (Å²) in [4.78, 5) is 0. The number of nitrogens with one attached hydrogen (secondary N) is 1. The Morgan fingerprint density at radius 3 is 3.00 bits per heavy atom. The summed E-state index contributed by atoms with van der Waals surface area (Å²) in [6, 6.07) is 5.71. The summed E-state index contributed by atoms with van der Waals surface area (Å²) in [6.45, 7) is 1.19. The van der Waals surface area contributed by atoms with E-state index in [1.807, 2.05) is 24.4 Å². The van der Waals surface area contributed by atoms with Gasteiger partial charge in [-0.3, -0.25) is 4.68 Å². The molecule has 2 aromatic rings. The number of aliphatic hydroxyl groups excluding tert-OH is 1. The first kappa shape index (κ1) is 13.4. The highest BCUT2D eigenvalue weighted by Gasteiger charge is 2.05. The van der Waals surface area contributed by atoms with Crippen molar-refractivity contribution in [1.82, 2.24) is 9.78 Å². The van der Waals surface area contributed by atoms with Crippen LogP contribution in [0.4, 0.5) is 5.69 Å². The standard InChI is InChI=1S/C12H13BrClN3O/c13-11-2-1-3-12(14)10(11)7-15-9-6-16-17(8-9)4-5-18/h1-3,6,8,15,18H,4-5,7H2. The van der Waals surface area contributed by atoms with E-state index in [2.05, 4.69) is 26.3 Å². The van der Waals surface area contributed by atoms with Crippen molar-refractivity contribution in [3.8, 4) is 0 Å². The molecule has 2 N–H and O–H groups in total. The molecule has 0 bridgehead atoms. The maximum atomic E-state index is 8.80. The predicted molar refractivity (Wildman–Crippen MR) is 75.8 cm³/mol. The third-order valence-electron chi connectivity index (χ3n) is 2.49. The number of rotatable bonds is 5. The van der Waals surface area contributed by atoms with Gasteiger partial charge >= 0.3 is 0 Å². The van der Waals surface area contributed by atoms with E-state index in [0.29, 0.717) is 13.1 Å². The van der Waals surface area contributed by atoms with Crippen molar-refractivity contribution in [3.05, 3.63) is 45.7 Å². The normalized spacial score (nSPS) is 10.6. The molecule has 0 saturated carbocycles. The topological polar surface area (TPSA) is 50.1 Å². The Bertz CT molecular complexity index is 510. The molecule has 4 nitrogen and oxygen atoms in total. The van der Waals surface area contributed by atoms with Crippen molar-refractivity contribution >= 4 is 33.2 Å². The Kier molecular flexibility index (Phi) is 4.63. The number of aliphatic hydroxyl groups is 1. The molecule has 0 atom stereocenters. The molecule has 0 amide bonds. The van der Waals surface area contributed by atoms with E-state index in [0.717, 1.165) is 20.7 Å². The lowest BCUT2D eigenvalue weighted by molar-refractivity contribution is 0.269. The molecule has 0 aliphatic heterocycles. The molecule has 0 aliphatic carbocycles. The molecular formula is C12H13BrClN3O. The quantitative estimate of drug-likeness (QED) is 0.886. The average molecular weight is 331 g/mol. The second-order valence-electron chi connectivity index (χ2n) is 3.77. The van der Waals surface area contributed by atoms with Gasteiger partial charge in [-0.1, -0.05) is 33.6 Å². The van der Waals surface area contributed by atoms with E-state index in [9.17, 15) is 0 Å². The van der Waals surface area contributed by atoms with Crippen molar-refractivity contribution < 1.29 is 5.11 Å². The van der Waals surface area contributed by atoms with Crippen LogP contribution in [0, 0.1) is 0 Å². The summed E-state index contributed by atoms with van der Waals surface area (Å²) in [5.74, 6) is 0. The van der Waals surface area contributed by atoms with Crippen LogP contribution in [0.3, 0.4) is 0 Å². The first-order chi connectivity index (χ1) is 8.70. The number of aromatic nitrogens is 2. The Labute approximate surface area is 119 Å². The first-order valence-electron chi connectivity index (χ1n) is 5.51. The molecule has 1 aromatic heterocycles. The molecule has 0 fully saturated rings. The molecule has 0 radical (unpaired) electrons. The highest BCUT2D eigenvalue weighted by Crippen LogP contribution is 2.25. The summed E-state index contributed by atoms with van der Waals surface area (Å²) >= 11 is 9.60. The maximum absolute atomic E-state index is 8.80. The van der Waals surface area contributed by atoms with Crippen LogP contribution < -0.4 is 5.32 Å². The molecule has 6 heteroatoms. The Balaban J connectivity index is 2.02. The van der Waals surface area contributed by atoms with Gasteiger partial charge in [0.15, 0.2) is 0 Å². The minimum atomic E-state index is 0.0805. The fraction of sp³-hybridized carbons (Fsp3) is 0.250. The molecule has 0 aliphatic rings. The number of halogens is 2. The maximum Gasteiger partial charge on any atom is 0.0729 e. The molecule has 18 heavy (non-hydrogen) atoms.